The maximum atomic E-state index is 12.8. The molecule has 2 N–H and O–H groups in total. The van der Waals surface area contributed by atoms with Crippen molar-refractivity contribution in [2.75, 3.05) is 0 Å². The van der Waals surface area contributed by atoms with Gasteiger partial charge < -0.3 is 5.73 Å². The van der Waals surface area contributed by atoms with Gasteiger partial charge in [-0.15, -0.1) is 0 Å². The second-order valence-electron chi connectivity index (χ2n) is 3.35. The number of hydrogen-bond donors (Lipinski definition) is 1. The average Bonchev–Trinajstić information content (AvgIpc) is 2.01. The molecule has 0 aliphatic heterocycles. The van der Waals surface area contributed by atoms with E-state index in [1.807, 2.05) is 13.0 Å². The molecule has 0 fully saturated rings. The Balaban J connectivity index is 2.96. The van der Waals surface area contributed by atoms with Gasteiger partial charge in [0, 0.05) is 6.92 Å². The molecule has 0 saturated carbocycles. The molecular weight excluding hydrogens is 172 g/mol. The Kier molecular flexibility index (Phi) is 2.66. The van der Waals surface area contributed by atoms with E-state index in [2.05, 4.69) is 0 Å². The van der Waals surface area contributed by atoms with Crippen LogP contribution in [0.4, 0.5) is 8.78 Å². The Hall–Kier alpha value is -0.960. The average molecular weight is 185 g/mol. The van der Waals surface area contributed by atoms with Gasteiger partial charge in [-0.25, -0.2) is 8.78 Å². The van der Waals surface area contributed by atoms with Crippen molar-refractivity contribution in [2.24, 2.45) is 5.73 Å². The summed E-state index contributed by atoms with van der Waals surface area (Å²) in [6, 6.07) is 5.67. The fourth-order valence-corrected chi connectivity index (χ4v) is 1.16. The second-order valence-corrected chi connectivity index (χ2v) is 3.35. The van der Waals surface area contributed by atoms with Crippen LogP contribution in [-0.4, -0.2) is 5.92 Å². The zero-order chi connectivity index (χ0) is 10.1. The molecule has 0 heterocycles. The van der Waals surface area contributed by atoms with Gasteiger partial charge in [-0.1, -0.05) is 29.8 Å². The van der Waals surface area contributed by atoms with Gasteiger partial charge in [-0.2, -0.15) is 0 Å². The summed E-state index contributed by atoms with van der Waals surface area (Å²) in [5.74, 6) is -2.87. The minimum absolute atomic E-state index is 0.479. The first kappa shape index (κ1) is 10.1. The molecule has 0 saturated heterocycles. The molecule has 1 aromatic carbocycles. The lowest BCUT2D eigenvalue weighted by Crippen LogP contribution is -2.29. The molecule has 72 valence electrons. The second kappa shape index (κ2) is 3.42. The molecular formula is C10H13F2N. The minimum Gasteiger partial charge on any atom is -0.319 e. The highest BCUT2D eigenvalue weighted by Crippen LogP contribution is 2.28. The maximum absolute atomic E-state index is 12.8. The first-order chi connectivity index (χ1) is 5.91. The Morgan fingerprint density at radius 1 is 1.38 bits per heavy atom. The van der Waals surface area contributed by atoms with Crippen LogP contribution in [0.1, 0.15) is 24.1 Å². The van der Waals surface area contributed by atoms with Crippen LogP contribution in [0.2, 0.25) is 0 Å². The molecule has 0 aliphatic rings. The summed E-state index contributed by atoms with van der Waals surface area (Å²) >= 11 is 0. The van der Waals surface area contributed by atoms with Crippen molar-refractivity contribution in [3.8, 4) is 0 Å². The summed E-state index contributed by atoms with van der Waals surface area (Å²) in [4.78, 5) is 0. The maximum Gasteiger partial charge on any atom is 0.264 e. The predicted octanol–water partition coefficient (Wildman–Crippen LogP) is 2.65. The molecule has 13 heavy (non-hydrogen) atoms. The molecule has 0 aromatic heterocycles. The van der Waals surface area contributed by atoms with Gasteiger partial charge in [0.25, 0.3) is 5.92 Å². The fraction of sp³-hybridized carbons (Fsp3) is 0.400. The monoisotopic (exact) mass is 185 g/mol. The molecule has 0 amide bonds. The number of nitrogens with two attached hydrogens (primary N) is 1. The zero-order valence-corrected chi connectivity index (χ0v) is 7.72. The fourth-order valence-electron chi connectivity index (χ4n) is 1.16. The molecule has 1 rings (SSSR count). The quantitative estimate of drug-likeness (QED) is 0.753. The number of alkyl halides is 2. The molecule has 0 bridgehead atoms. The van der Waals surface area contributed by atoms with Gasteiger partial charge in [0.1, 0.15) is 0 Å². The summed E-state index contributed by atoms with van der Waals surface area (Å²) in [7, 11) is 0. The third-order valence-corrected chi connectivity index (χ3v) is 1.95. The van der Waals surface area contributed by atoms with E-state index in [9.17, 15) is 8.78 Å². The molecule has 0 aliphatic carbocycles. The van der Waals surface area contributed by atoms with Crippen LogP contribution >= 0.6 is 0 Å². The van der Waals surface area contributed by atoms with Crippen molar-refractivity contribution in [1.82, 2.24) is 0 Å². The molecule has 1 atom stereocenters. The summed E-state index contributed by atoms with van der Waals surface area (Å²) in [6.45, 7) is 2.68. The normalized spacial score (nSPS) is 14.2. The van der Waals surface area contributed by atoms with E-state index in [0.29, 0.717) is 5.56 Å². The van der Waals surface area contributed by atoms with Crippen molar-refractivity contribution in [2.45, 2.75) is 25.8 Å². The van der Waals surface area contributed by atoms with Crippen LogP contribution in [0, 0.1) is 6.92 Å². The van der Waals surface area contributed by atoms with Crippen LogP contribution in [-0.2, 0) is 0 Å². The highest BCUT2D eigenvalue weighted by atomic mass is 19.3. The van der Waals surface area contributed by atoms with Crippen LogP contribution in [0.3, 0.4) is 0 Å². The SMILES string of the molecule is Cc1cccc(C(N)C(C)(F)F)c1. The van der Waals surface area contributed by atoms with E-state index < -0.39 is 12.0 Å². The number of rotatable bonds is 2. The van der Waals surface area contributed by atoms with Gasteiger partial charge in [0.15, 0.2) is 0 Å². The van der Waals surface area contributed by atoms with Gasteiger partial charge in [-0.05, 0) is 12.5 Å². The smallest absolute Gasteiger partial charge is 0.264 e. The van der Waals surface area contributed by atoms with Gasteiger partial charge >= 0.3 is 0 Å². The molecule has 3 heteroatoms. The van der Waals surface area contributed by atoms with Gasteiger partial charge in [0.05, 0.1) is 6.04 Å². The minimum atomic E-state index is -2.87. The standard InChI is InChI=1S/C10H13F2N/c1-7-4-3-5-8(6-7)9(13)10(2,11)12/h3-6,9H,13H2,1-2H3. The largest absolute Gasteiger partial charge is 0.319 e. The predicted molar refractivity (Wildman–Crippen MR) is 48.7 cm³/mol. The Morgan fingerprint density at radius 2 is 2.00 bits per heavy atom. The van der Waals surface area contributed by atoms with Crippen LogP contribution in [0.5, 0.6) is 0 Å². The Bertz CT molecular complexity index is 291. The highest BCUT2D eigenvalue weighted by molar-refractivity contribution is 5.26. The van der Waals surface area contributed by atoms with E-state index in [4.69, 9.17) is 5.73 Å². The number of hydrogen-bond acceptors (Lipinski definition) is 1. The summed E-state index contributed by atoms with van der Waals surface area (Å²) < 4.78 is 25.6. The molecule has 1 aromatic rings. The number of benzene rings is 1. The van der Waals surface area contributed by atoms with E-state index in [-0.39, 0.29) is 0 Å². The third kappa shape index (κ3) is 2.49. The number of halogens is 2. The van der Waals surface area contributed by atoms with Crippen molar-refractivity contribution in [3.05, 3.63) is 35.4 Å². The lowest BCUT2D eigenvalue weighted by molar-refractivity contribution is -0.00619. The molecule has 1 nitrogen and oxygen atoms in total. The molecule has 0 spiro atoms. The van der Waals surface area contributed by atoms with E-state index in [1.54, 1.807) is 18.2 Å². The van der Waals surface area contributed by atoms with Gasteiger partial charge in [0.2, 0.25) is 0 Å². The Morgan fingerprint density at radius 3 is 2.46 bits per heavy atom. The summed E-state index contributed by atoms with van der Waals surface area (Å²) in [5.41, 5.74) is 6.81. The third-order valence-electron chi connectivity index (χ3n) is 1.95. The van der Waals surface area contributed by atoms with E-state index in [0.717, 1.165) is 12.5 Å². The zero-order valence-electron chi connectivity index (χ0n) is 7.72. The van der Waals surface area contributed by atoms with Crippen molar-refractivity contribution < 1.29 is 8.78 Å². The van der Waals surface area contributed by atoms with Gasteiger partial charge in [-0.3, -0.25) is 0 Å². The van der Waals surface area contributed by atoms with E-state index >= 15 is 0 Å². The van der Waals surface area contributed by atoms with Crippen molar-refractivity contribution >= 4 is 0 Å². The first-order valence-electron chi connectivity index (χ1n) is 4.11. The lowest BCUT2D eigenvalue weighted by Gasteiger charge is -2.19. The topological polar surface area (TPSA) is 26.0 Å². The summed E-state index contributed by atoms with van der Waals surface area (Å²) in [6.07, 6.45) is 0. The number of aryl methyl sites for hydroxylation is 1. The van der Waals surface area contributed by atoms with Crippen LogP contribution in [0.25, 0.3) is 0 Å². The first-order valence-corrected chi connectivity index (χ1v) is 4.11. The van der Waals surface area contributed by atoms with Crippen molar-refractivity contribution in [3.63, 3.8) is 0 Å². The van der Waals surface area contributed by atoms with Crippen molar-refractivity contribution in [1.29, 1.82) is 0 Å². The Labute approximate surface area is 76.6 Å². The highest BCUT2D eigenvalue weighted by Gasteiger charge is 2.31. The molecule has 0 radical (unpaired) electrons. The lowest BCUT2D eigenvalue weighted by atomic mass is 10.0. The molecule has 1 unspecified atom stereocenters. The summed E-state index contributed by atoms with van der Waals surface area (Å²) in [5, 5.41) is 0. The van der Waals surface area contributed by atoms with E-state index in [1.165, 1.54) is 0 Å². The van der Waals surface area contributed by atoms with Crippen LogP contribution in [0.15, 0.2) is 24.3 Å². The van der Waals surface area contributed by atoms with Crippen LogP contribution < -0.4 is 5.73 Å².